The van der Waals surface area contributed by atoms with Crippen LogP contribution in [0.5, 0.6) is 17.2 Å². The Bertz CT molecular complexity index is 1340. The maximum Gasteiger partial charge on any atom is 0.573 e. The van der Waals surface area contributed by atoms with Gasteiger partial charge in [-0.15, -0.1) is 13.2 Å². The van der Waals surface area contributed by atoms with Crippen molar-refractivity contribution in [1.82, 2.24) is 14.5 Å². The maximum absolute atomic E-state index is 12.8. The second-order valence-electron chi connectivity index (χ2n) is 6.72. The van der Waals surface area contributed by atoms with Gasteiger partial charge in [0.1, 0.15) is 11.5 Å². The van der Waals surface area contributed by atoms with Crippen LogP contribution in [-0.4, -0.2) is 32.3 Å². The summed E-state index contributed by atoms with van der Waals surface area (Å²) in [4.78, 5) is 8.49. The van der Waals surface area contributed by atoms with Crippen LogP contribution in [0.25, 0.3) is 11.0 Å². The van der Waals surface area contributed by atoms with Gasteiger partial charge in [0.25, 0.3) is 0 Å². The van der Waals surface area contributed by atoms with Crippen LogP contribution in [0, 0.1) is 0 Å². The molecule has 2 N–H and O–H groups in total. The van der Waals surface area contributed by atoms with E-state index in [1.54, 1.807) is 48.0 Å². The van der Waals surface area contributed by atoms with Crippen LogP contribution in [0.4, 0.5) is 24.8 Å². The highest BCUT2D eigenvalue weighted by atomic mass is 79.9. The van der Waals surface area contributed by atoms with Crippen molar-refractivity contribution in [2.24, 2.45) is 12.2 Å². The van der Waals surface area contributed by atoms with Gasteiger partial charge in [-0.2, -0.15) is 0 Å². The number of ether oxygens (including phenoxy) is 2. The lowest BCUT2D eigenvalue weighted by atomic mass is 10.3. The van der Waals surface area contributed by atoms with Crippen molar-refractivity contribution in [2.75, 3.05) is 5.32 Å². The first kappa shape index (κ1) is 22.4. The van der Waals surface area contributed by atoms with E-state index >= 15 is 0 Å². The third-order valence-electron chi connectivity index (χ3n) is 4.45. The van der Waals surface area contributed by atoms with Gasteiger partial charge in [-0.1, -0.05) is 21.1 Å². The van der Waals surface area contributed by atoms with Gasteiger partial charge >= 0.3 is 6.36 Å². The van der Waals surface area contributed by atoms with Gasteiger partial charge in [0.15, 0.2) is 5.75 Å². The van der Waals surface area contributed by atoms with Crippen molar-refractivity contribution >= 4 is 44.8 Å². The van der Waals surface area contributed by atoms with E-state index in [2.05, 4.69) is 41.1 Å². The number of hydrogen-bond acceptors (Lipinski definition) is 7. The summed E-state index contributed by atoms with van der Waals surface area (Å²) < 4.78 is 50.5. The molecule has 0 atom stereocenters. The zero-order valence-electron chi connectivity index (χ0n) is 16.8. The lowest BCUT2D eigenvalue weighted by Crippen LogP contribution is -2.18. The average molecular weight is 522 g/mol. The topological polar surface area (TPSA) is 93.8 Å². The molecule has 4 aromatic rings. The molecule has 2 aromatic carbocycles. The fourth-order valence-corrected chi connectivity index (χ4v) is 3.38. The van der Waals surface area contributed by atoms with Crippen molar-refractivity contribution in [3.8, 4) is 17.2 Å². The van der Waals surface area contributed by atoms with Crippen LogP contribution >= 0.6 is 15.9 Å². The summed E-state index contributed by atoms with van der Waals surface area (Å²) in [6.45, 7) is 0. The van der Waals surface area contributed by atoms with Crippen LogP contribution in [0.1, 0.15) is 5.69 Å². The van der Waals surface area contributed by atoms with E-state index in [0.29, 0.717) is 33.1 Å². The largest absolute Gasteiger partial charge is 0.573 e. The quantitative estimate of drug-likeness (QED) is 0.184. The van der Waals surface area contributed by atoms with Crippen molar-refractivity contribution in [3.63, 3.8) is 0 Å². The third-order valence-corrected chi connectivity index (χ3v) is 4.94. The van der Waals surface area contributed by atoms with Gasteiger partial charge in [0, 0.05) is 29.8 Å². The monoisotopic (exact) mass is 521 g/mol. The Morgan fingerprint density at radius 3 is 2.67 bits per heavy atom. The predicted octanol–water partition coefficient (Wildman–Crippen LogP) is 5.97. The summed E-state index contributed by atoms with van der Waals surface area (Å²) in [7, 11) is 1.73. The summed E-state index contributed by atoms with van der Waals surface area (Å²) in [6, 6.07) is 12.7. The Balaban J connectivity index is 1.62. The molecule has 0 saturated heterocycles. The molecule has 0 bridgehead atoms. The number of aryl methyl sites for hydroxylation is 1. The van der Waals surface area contributed by atoms with Gasteiger partial charge in [0.2, 0.25) is 5.95 Å². The zero-order valence-corrected chi connectivity index (χ0v) is 18.4. The standard InChI is InChI=1S/C21H15BrF3N5O3/c1-30-18-5-3-14(32-15-6-7-26-13(9-15)11-27-31)10-17(18)29-20(30)28-16-4-2-12(22)8-19(16)33-21(23,24)25/h2-11,31H,1H3,(H,28,29)/b27-11-. The Labute approximate surface area is 193 Å². The molecule has 33 heavy (non-hydrogen) atoms. The highest BCUT2D eigenvalue weighted by Gasteiger charge is 2.32. The van der Waals surface area contributed by atoms with Crippen molar-refractivity contribution < 1.29 is 27.9 Å². The first-order chi connectivity index (χ1) is 15.7. The molecule has 0 spiro atoms. The molecule has 0 radical (unpaired) electrons. The normalized spacial score (nSPS) is 11.8. The van der Waals surface area contributed by atoms with Crippen LogP contribution in [0.2, 0.25) is 0 Å². The van der Waals surface area contributed by atoms with E-state index in [1.807, 2.05) is 0 Å². The number of fused-ring (bicyclic) bond motifs is 1. The van der Waals surface area contributed by atoms with Crippen molar-refractivity contribution in [3.05, 3.63) is 64.9 Å². The van der Waals surface area contributed by atoms with Gasteiger partial charge in [-0.3, -0.25) is 4.98 Å². The number of aromatic nitrogens is 3. The number of anilines is 2. The molecule has 0 aliphatic heterocycles. The lowest BCUT2D eigenvalue weighted by molar-refractivity contribution is -0.274. The molecule has 0 fully saturated rings. The summed E-state index contributed by atoms with van der Waals surface area (Å²) in [5.74, 6) is 0.863. The number of oxime groups is 1. The summed E-state index contributed by atoms with van der Waals surface area (Å²) in [5, 5.41) is 14.5. The molecule has 0 aliphatic rings. The minimum Gasteiger partial charge on any atom is -0.457 e. The second kappa shape index (κ2) is 8.98. The minimum absolute atomic E-state index is 0.0975. The number of hydrogen-bond donors (Lipinski definition) is 2. The number of rotatable bonds is 6. The Kier molecular flexibility index (Phi) is 6.09. The molecular formula is C21H15BrF3N5O3. The number of alkyl halides is 3. The molecule has 2 heterocycles. The second-order valence-corrected chi connectivity index (χ2v) is 7.64. The number of nitrogens with one attached hydrogen (secondary N) is 1. The van der Waals surface area contributed by atoms with Gasteiger partial charge in [0.05, 0.1) is 28.6 Å². The summed E-state index contributed by atoms with van der Waals surface area (Å²) in [6.07, 6.45) is -2.16. The predicted molar refractivity (Wildman–Crippen MR) is 119 cm³/mol. The molecule has 0 unspecified atom stereocenters. The average Bonchev–Trinajstić information content (AvgIpc) is 3.04. The molecule has 2 aromatic heterocycles. The van der Waals surface area contributed by atoms with Crippen molar-refractivity contribution in [1.29, 1.82) is 0 Å². The summed E-state index contributed by atoms with van der Waals surface area (Å²) >= 11 is 3.15. The molecule has 170 valence electrons. The summed E-state index contributed by atoms with van der Waals surface area (Å²) in [5.41, 5.74) is 1.79. The molecule has 8 nitrogen and oxygen atoms in total. The van der Waals surface area contributed by atoms with Gasteiger partial charge < -0.3 is 24.6 Å². The molecule has 0 amide bonds. The Morgan fingerprint density at radius 2 is 1.91 bits per heavy atom. The number of pyridine rings is 1. The smallest absolute Gasteiger partial charge is 0.457 e. The fourth-order valence-electron chi connectivity index (χ4n) is 3.04. The van der Waals surface area contributed by atoms with E-state index in [-0.39, 0.29) is 5.69 Å². The van der Waals surface area contributed by atoms with Crippen LogP contribution in [0.3, 0.4) is 0 Å². The molecule has 0 saturated carbocycles. The van der Waals surface area contributed by atoms with E-state index in [0.717, 1.165) is 5.52 Å². The molecule has 0 aliphatic carbocycles. The van der Waals surface area contributed by atoms with E-state index < -0.39 is 12.1 Å². The first-order valence-electron chi connectivity index (χ1n) is 9.32. The van der Waals surface area contributed by atoms with Crippen molar-refractivity contribution in [2.45, 2.75) is 6.36 Å². The Morgan fingerprint density at radius 1 is 1.12 bits per heavy atom. The number of halogens is 4. The Hall–Kier alpha value is -3.80. The van der Waals surface area contributed by atoms with Crippen LogP contribution in [-0.2, 0) is 7.05 Å². The van der Waals surface area contributed by atoms with Crippen LogP contribution < -0.4 is 14.8 Å². The number of benzene rings is 2. The van der Waals surface area contributed by atoms with Gasteiger partial charge in [-0.25, -0.2) is 4.98 Å². The third kappa shape index (κ3) is 5.34. The number of nitrogens with zero attached hydrogens (tertiary/aromatic N) is 4. The van der Waals surface area contributed by atoms with E-state index in [4.69, 9.17) is 9.94 Å². The minimum atomic E-state index is -4.84. The van der Waals surface area contributed by atoms with E-state index in [9.17, 15) is 13.2 Å². The maximum atomic E-state index is 12.8. The SMILES string of the molecule is Cn1c(Nc2ccc(Br)cc2OC(F)(F)F)nc2cc(Oc3ccnc(/C=N\O)c3)ccc21. The highest BCUT2D eigenvalue weighted by molar-refractivity contribution is 9.10. The number of imidazole rings is 1. The fraction of sp³-hybridized carbons (Fsp3) is 0.0952. The van der Waals surface area contributed by atoms with Crippen LogP contribution in [0.15, 0.2) is 64.4 Å². The lowest BCUT2D eigenvalue weighted by Gasteiger charge is -2.14. The molecule has 12 heteroatoms. The van der Waals surface area contributed by atoms with E-state index in [1.165, 1.54) is 24.5 Å². The van der Waals surface area contributed by atoms with Gasteiger partial charge in [-0.05, 0) is 36.4 Å². The zero-order chi connectivity index (χ0) is 23.6. The molecule has 4 rings (SSSR count). The highest BCUT2D eigenvalue weighted by Crippen LogP contribution is 2.35. The molecular weight excluding hydrogens is 507 g/mol. The first-order valence-corrected chi connectivity index (χ1v) is 10.1.